The highest BCUT2D eigenvalue weighted by molar-refractivity contribution is 7.14. The first-order chi connectivity index (χ1) is 7.81. The molecule has 2 nitrogen and oxygen atoms in total. The van der Waals surface area contributed by atoms with Crippen molar-refractivity contribution in [1.29, 1.82) is 0 Å². The van der Waals surface area contributed by atoms with E-state index in [0.717, 1.165) is 18.1 Å². The Kier molecular flexibility index (Phi) is 3.51. The van der Waals surface area contributed by atoms with Gasteiger partial charge in [-0.1, -0.05) is 19.1 Å². The third-order valence-corrected chi connectivity index (χ3v) is 2.98. The van der Waals surface area contributed by atoms with E-state index in [1.807, 2.05) is 11.4 Å². The number of thiazole rings is 1. The number of halogens is 1. The number of benzene rings is 1. The van der Waals surface area contributed by atoms with Crippen LogP contribution in [0.3, 0.4) is 0 Å². The smallest absolute Gasteiger partial charge is 0.183 e. The van der Waals surface area contributed by atoms with Gasteiger partial charge in [0.1, 0.15) is 5.82 Å². The Morgan fingerprint density at radius 1 is 1.38 bits per heavy atom. The van der Waals surface area contributed by atoms with Crippen molar-refractivity contribution in [2.45, 2.75) is 13.3 Å². The van der Waals surface area contributed by atoms with Crippen molar-refractivity contribution in [2.75, 3.05) is 11.9 Å². The van der Waals surface area contributed by atoms with E-state index in [4.69, 9.17) is 0 Å². The summed E-state index contributed by atoms with van der Waals surface area (Å²) in [6.07, 6.45) is 1.05. The third-order valence-electron chi connectivity index (χ3n) is 2.18. The van der Waals surface area contributed by atoms with Gasteiger partial charge < -0.3 is 5.32 Å². The number of nitrogens with one attached hydrogen (secondary N) is 1. The van der Waals surface area contributed by atoms with Crippen molar-refractivity contribution in [3.05, 3.63) is 35.5 Å². The molecule has 0 aliphatic heterocycles. The minimum Gasteiger partial charge on any atom is -0.362 e. The van der Waals surface area contributed by atoms with Gasteiger partial charge in [-0.2, -0.15) is 0 Å². The van der Waals surface area contributed by atoms with Crippen molar-refractivity contribution < 1.29 is 4.39 Å². The van der Waals surface area contributed by atoms with Crippen molar-refractivity contribution >= 4 is 16.5 Å². The van der Waals surface area contributed by atoms with Crippen molar-refractivity contribution in [1.82, 2.24) is 4.98 Å². The maximum absolute atomic E-state index is 13.5. The quantitative estimate of drug-likeness (QED) is 0.874. The summed E-state index contributed by atoms with van der Waals surface area (Å²) >= 11 is 1.50. The molecule has 84 valence electrons. The van der Waals surface area contributed by atoms with Crippen LogP contribution in [-0.4, -0.2) is 11.5 Å². The van der Waals surface area contributed by atoms with E-state index in [-0.39, 0.29) is 5.82 Å². The van der Waals surface area contributed by atoms with Gasteiger partial charge >= 0.3 is 0 Å². The van der Waals surface area contributed by atoms with E-state index in [2.05, 4.69) is 17.2 Å². The van der Waals surface area contributed by atoms with Crippen LogP contribution in [0.25, 0.3) is 11.3 Å². The Labute approximate surface area is 98.2 Å². The fraction of sp³-hybridized carbons (Fsp3) is 0.250. The number of nitrogens with zero attached hydrogens (tertiary/aromatic N) is 1. The van der Waals surface area contributed by atoms with Crippen LogP contribution in [-0.2, 0) is 0 Å². The van der Waals surface area contributed by atoms with Gasteiger partial charge in [0.2, 0.25) is 0 Å². The summed E-state index contributed by atoms with van der Waals surface area (Å²) in [7, 11) is 0. The minimum atomic E-state index is -0.227. The van der Waals surface area contributed by atoms with E-state index in [1.165, 1.54) is 17.4 Å². The van der Waals surface area contributed by atoms with Crippen LogP contribution in [0.5, 0.6) is 0 Å². The molecule has 1 heterocycles. The molecule has 0 aliphatic carbocycles. The molecule has 0 unspecified atom stereocenters. The average molecular weight is 236 g/mol. The summed E-state index contributed by atoms with van der Waals surface area (Å²) in [5.41, 5.74) is 1.25. The summed E-state index contributed by atoms with van der Waals surface area (Å²) in [6.45, 7) is 2.99. The largest absolute Gasteiger partial charge is 0.362 e. The number of anilines is 1. The van der Waals surface area contributed by atoms with Gasteiger partial charge in [-0.15, -0.1) is 11.3 Å². The average Bonchev–Trinajstić information content (AvgIpc) is 2.75. The molecule has 16 heavy (non-hydrogen) atoms. The Hall–Kier alpha value is -1.42. The molecule has 4 heteroatoms. The summed E-state index contributed by atoms with van der Waals surface area (Å²) in [5, 5.41) is 5.91. The Morgan fingerprint density at radius 3 is 2.94 bits per heavy atom. The molecule has 0 radical (unpaired) electrons. The molecule has 0 fully saturated rings. The fourth-order valence-corrected chi connectivity index (χ4v) is 2.12. The third kappa shape index (κ3) is 2.39. The zero-order valence-corrected chi connectivity index (χ0v) is 9.85. The lowest BCUT2D eigenvalue weighted by Crippen LogP contribution is -1.98. The SMILES string of the molecule is CCCNc1nc(-c2ccccc2F)cs1. The van der Waals surface area contributed by atoms with Gasteiger partial charge in [0.05, 0.1) is 5.69 Å². The standard InChI is InChI=1S/C12H13FN2S/c1-2-7-14-12-15-11(8-16-12)9-5-3-4-6-10(9)13/h3-6,8H,2,7H2,1H3,(H,14,15). The molecule has 0 aliphatic rings. The maximum atomic E-state index is 13.5. The van der Waals surface area contributed by atoms with Crippen LogP contribution in [0, 0.1) is 5.82 Å². The second-order valence-electron chi connectivity index (χ2n) is 3.44. The van der Waals surface area contributed by atoms with Crippen molar-refractivity contribution in [3.63, 3.8) is 0 Å². The summed E-state index contributed by atoms with van der Waals surface area (Å²) in [5.74, 6) is -0.227. The van der Waals surface area contributed by atoms with E-state index in [9.17, 15) is 4.39 Å². The van der Waals surface area contributed by atoms with Crippen LogP contribution < -0.4 is 5.32 Å². The van der Waals surface area contributed by atoms with Crippen LogP contribution in [0.1, 0.15) is 13.3 Å². The van der Waals surface area contributed by atoms with E-state index < -0.39 is 0 Å². The lowest BCUT2D eigenvalue weighted by atomic mass is 10.2. The number of aromatic nitrogens is 1. The molecule has 0 spiro atoms. The molecule has 1 aromatic heterocycles. The number of hydrogen-bond donors (Lipinski definition) is 1. The second kappa shape index (κ2) is 5.07. The van der Waals surface area contributed by atoms with Crippen LogP contribution in [0.4, 0.5) is 9.52 Å². The molecule has 0 atom stereocenters. The topological polar surface area (TPSA) is 24.9 Å². The first kappa shape index (κ1) is 11.1. The van der Waals surface area contributed by atoms with Gasteiger partial charge in [-0.25, -0.2) is 9.37 Å². The second-order valence-corrected chi connectivity index (χ2v) is 4.30. The molecule has 0 bridgehead atoms. The molecule has 2 rings (SSSR count). The molecule has 0 saturated carbocycles. The first-order valence-electron chi connectivity index (χ1n) is 5.25. The minimum absolute atomic E-state index is 0.227. The summed E-state index contributed by atoms with van der Waals surface area (Å²) in [4.78, 5) is 4.35. The number of hydrogen-bond acceptors (Lipinski definition) is 3. The lowest BCUT2D eigenvalue weighted by Gasteiger charge is -1.99. The van der Waals surface area contributed by atoms with Gasteiger partial charge in [-0.3, -0.25) is 0 Å². The van der Waals surface area contributed by atoms with Crippen molar-refractivity contribution in [3.8, 4) is 11.3 Å². The van der Waals surface area contributed by atoms with Crippen molar-refractivity contribution in [2.24, 2.45) is 0 Å². The molecular weight excluding hydrogens is 223 g/mol. The molecule has 2 aromatic rings. The Balaban J connectivity index is 2.22. The van der Waals surface area contributed by atoms with E-state index in [0.29, 0.717) is 11.3 Å². The first-order valence-corrected chi connectivity index (χ1v) is 6.13. The summed E-state index contributed by atoms with van der Waals surface area (Å²) < 4.78 is 13.5. The Morgan fingerprint density at radius 2 is 2.19 bits per heavy atom. The number of rotatable bonds is 4. The van der Waals surface area contributed by atoms with Gasteiger partial charge in [0.25, 0.3) is 0 Å². The lowest BCUT2D eigenvalue weighted by molar-refractivity contribution is 0.631. The molecule has 1 aromatic carbocycles. The highest BCUT2D eigenvalue weighted by atomic mass is 32.1. The van der Waals surface area contributed by atoms with Gasteiger partial charge in [-0.05, 0) is 18.6 Å². The molecule has 0 saturated heterocycles. The van der Waals surface area contributed by atoms with Gasteiger partial charge in [0.15, 0.2) is 5.13 Å². The van der Waals surface area contributed by atoms with Gasteiger partial charge in [0, 0.05) is 17.5 Å². The predicted octanol–water partition coefficient (Wildman–Crippen LogP) is 3.77. The molecule has 1 N–H and O–H groups in total. The molecule has 0 amide bonds. The maximum Gasteiger partial charge on any atom is 0.183 e. The fourth-order valence-electron chi connectivity index (χ4n) is 1.38. The Bertz CT molecular complexity index is 468. The summed E-state index contributed by atoms with van der Waals surface area (Å²) in [6, 6.07) is 6.69. The zero-order valence-electron chi connectivity index (χ0n) is 9.03. The van der Waals surface area contributed by atoms with E-state index in [1.54, 1.807) is 12.1 Å². The highest BCUT2D eigenvalue weighted by Crippen LogP contribution is 2.26. The zero-order chi connectivity index (χ0) is 11.4. The van der Waals surface area contributed by atoms with Crippen LogP contribution in [0.2, 0.25) is 0 Å². The van der Waals surface area contributed by atoms with Crippen LogP contribution in [0.15, 0.2) is 29.6 Å². The monoisotopic (exact) mass is 236 g/mol. The highest BCUT2D eigenvalue weighted by Gasteiger charge is 2.07. The van der Waals surface area contributed by atoms with E-state index >= 15 is 0 Å². The normalized spacial score (nSPS) is 10.4. The predicted molar refractivity (Wildman–Crippen MR) is 66.3 cm³/mol. The van der Waals surface area contributed by atoms with Crippen LogP contribution >= 0.6 is 11.3 Å². The molecular formula is C12H13FN2S.